The molecular formula is C18H27NO6. The van der Waals surface area contributed by atoms with E-state index in [-0.39, 0.29) is 0 Å². The van der Waals surface area contributed by atoms with E-state index in [9.17, 15) is 0 Å². The lowest BCUT2D eigenvalue weighted by Crippen LogP contribution is -2.20. The molecule has 0 aliphatic carbocycles. The maximum absolute atomic E-state index is 9.10. The van der Waals surface area contributed by atoms with Gasteiger partial charge in [0.15, 0.2) is 0 Å². The van der Waals surface area contributed by atoms with E-state index < -0.39 is 11.9 Å². The van der Waals surface area contributed by atoms with Gasteiger partial charge in [-0.05, 0) is 76.5 Å². The van der Waals surface area contributed by atoms with E-state index in [1.807, 2.05) is 31.2 Å². The molecule has 0 atom stereocenters. The van der Waals surface area contributed by atoms with Gasteiger partial charge in [0.25, 0.3) is 0 Å². The highest BCUT2D eigenvalue weighted by atomic mass is 16.5. The number of aliphatic carboxylic acids is 2. The van der Waals surface area contributed by atoms with Gasteiger partial charge in [0.1, 0.15) is 11.5 Å². The molecule has 1 heterocycles. The Labute approximate surface area is 148 Å². The van der Waals surface area contributed by atoms with Crippen LogP contribution in [0.3, 0.4) is 0 Å². The Morgan fingerprint density at radius 3 is 1.96 bits per heavy atom. The number of hydrogen-bond acceptors (Lipinski definition) is 5. The topological polar surface area (TPSA) is 96.3 Å². The van der Waals surface area contributed by atoms with Crippen LogP contribution < -0.4 is 9.47 Å². The van der Waals surface area contributed by atoms with Gasteiger partial charge >= 0.3 is 11.9 Å². The summed E-state index contributed by atoms with van der Waals surface area (Å²) in [5.74, 6) is -1.81. The Hall–Kier alpha value is -2.28. The molecule has 7 heteroatoms. The third-order valence-electron chi connectivity index (χ3n) is 3.65. The monoisotopic (exact) mass is 353 g/mol. The Morgan fingerprint density at radius 1 is 0.960 bits per heavy atom. The number of ether oxygens (including phenoxy) is 2. The van der Waals surface area contributed by atoms with Crippen LogP contribution in [0.15, 0.2) is 24.3 Å². The van der Waals surface area contributed by atoms with Crippen LogP contribution in [0.5, 0.6) is 11.5 Å². The fourth-order valence-corrected chi connectivity index (χ4v) is 2.43. The highest BCUT2D eigenvalue weighted by Crippen LogP contribution is 2.17. The van der Waals surface area contributed by atoms with Crippen LogP contribution in [-0.2, 0) is 9.59 Å². The zero-order valence-electron chi connectivity index (χ0n) is 14.6. The van der Waals surface area contributed by atoms with Gasteiger partial charge in [-0.25, -0.2) is 9.59 Å². The molecule has 1 aromatic carbocycles. The summed E-state index contributed by atoms with van der Waals surface area (Å²) in [5, 5.41) is 14.8. The summed E-state index contributed by atoms with van der Waals surface area (Å²) in [6.45, 7) is 7.31. The molecule has 0 unspecified atom stereocenters. The number of unbranched alkanes of at least 4 members (excludes halogenated alkanes) is 1. The van der Waals surface area contributed by atoms with Crippen molar-refractivity contribution >= 4 is 11.9 Å². The number of benzene rings is 1. The molecule has 7 nitrogen and oxygen atoms in total. The Kier molecular flexibility index (Phi) is 10.1. The van der Waals surface area contributed by atoms with Gasteiger partial charge in [-0.3, -0.25) is 0 Å². The van der Waals surface area contributed by atoms with Crippen LogP contribution in [0, 0.1) is 0 Å². The molecule has 0 saturated carbocycles. The second-order valence-electron chi connectivity index (χ2n) is 5.62. The molecule has 140 valence electrons. The number of rotatable bonds is 8. The molecule has 1 aliphatic heterocycles. The van der Waals surface area contributed by atoms with Gasteiger partial charge in [-0.15, -0.1) is 0 Å². The summed E-state index contributed by atoms with van der Waals surface area (Å²) in [4.78, 5) is 20.8. The lowest BCUT2D eigenvalue weighted by atomic mass is 10.3. The van der Waals surface area contributed by atoms with E-state index in [2.05, 4.69) is 4.90 Å². The van der Waals surface area contributed by atoms with E-state index in [1.165, 1.54) is 38.9 Å². The van der Waals surface area contributed by atoms with Crippen LogP contribution in [0.4, 0.5) is 0 Å². The number of likely N-dealkylation sites (tertiary alicyclic amines) is 1. The number of carboxylic acids is 2. The maximum Gasteiger partial charge on any atom is 0.414 e. The Bertz CT molecular complexity index is 499. The van der Waals surface area contributed by atoms with Crippen molar-refractivity contribution in [2.24, 2.45) is 0 Å². The molecule has 1 fully saturated rings. The second kappa shape index (κ2) is 12.1. The van der Waals surface area contributed by atoms with Crippen molar-refractivity contribution in [2.45, 2.75) is 32.6 Å². The van der Waals surface area contributed by atoms with Crippen molar-refractivity contribution in [1.29, 1.82) is 0 Å². The molecule has 2 N–H and O–H groups in total. The molecule has 1 aliphatic rings. The molecule has 1 aromatic rings. The molecule has 25 heavy (non-hydrogen) atoms. The van der Waals surface area contributed by atoms with Crippen molar-refractivity contribution in [3.63, 3.8) is 0 Å². The van der Waals surface area contributed by atoms with E-state index in [4.69, 9.17) is 29.3 Å². The molecule has 0 amide bonds. The highest BCUT2D eigenvalue weighted by molar-refractivity contribution is 6.27. The quantitative estimate of drug-likeness (QED) is 0.547. The molecule has 0 aromatic heterocycles. The van der Waals surface area contributed by atoms with Crippen LogP contribution >= 0.6 is 0 Å². The molecule has 1 saturated heterocycles. The second-order valence-corrected chi connectivity index (χ2v) is 5.62. The lowest BCUT2D eigenvalue weighted by Gasteiger charge is -2.14. The van der Waals surface area contributed by atoms with Gasteiger partial charge in [0.05, 0.1) is 13.2 Å². The fourth-order valence-electron chi connectivity index (χ4n) is 2.43. The summed E-state index contributed by atoms with van der Waals surface area (Å²) in [5.41, 5.74) is 0. The first-order chi connectivity index (χ1) is 12.0. The van der Waals surface area contributed by atoms with Crippen molar-refractivity contribution in [2.75, 3.05) is 32.8 Å². The zero-order valence-corrected chi connectivity index (χ0v) is 14.6. The minimum atomic E-state index is -1.82. The minimum absolute atomic E-state index is 0.705. The van der Waals surface area contributed by atoms with Crippen LogP contribution in [0.1, 0.15) is 32.6 Å². The summed E-state index contributed by atoms with van der Waals surface area (Å²) in [6.07, 6.45) is 5.12. The van der Waals surface area contributed by atoms with E-state index in [0.717, 1.165) is 24.5 Å². The first-order valence-corrected chi connectivity index (χ1v) is 8.57. The zero-order chi connectivity index (χ0) is 18.5. The van der Waals surface area contributed by atoms with Crippen molar-refractivity contribution in [3.8, 4) is 11.5 Å². The van der Waals surface area contributed by atoms with Gasteiger partial charge in [0, 0.05) is 0 Å². The minimum Gasteiger partial charge on any atom is -0.494 e. The third kappa shape index (κ3) is 9.56. The largest absolute Gasteiger partial charge is 0.494 e. The first kappa shape index (κ1) is 20.8. The van der Waals surface area contributed by atoms with E-state index in [0.29, 0.717) is 6.61 Å². The number of carboxylic acid groups (broad SMARTS) is 2. The number of carbonyl (C=O) groups is 2. The standard InChI is InChI=1S/C16H25NO2.C2H2O4/c1-2-18-15-7-9-16(10-8-15)19-14-6-5-13-17-11-3-4-12-17;3-1(4)2(5)6/h7-10H,2-6,11-14H2,1H3;(H,3,4)(H,5,6). The Balaban J connectivity index is 0.000000450. The maximum atomic E-state index is 9.10. The van der Waals surface area contributed by atoms with E-state index in [1.54, 1.807) is 0 Å². The average molecular weight is 353 g/mol. The van der Waals surface area contributed by atoms with Gasteiger partial charge < -0.3 is 24.6 Å². The third-order valence-corrected chi connectivity index (χ3v) is 3.65. The van der Waals surface area contributed by atoms with Crippen LogP contribution in [0.2, 0.25) is 0 Å². The number of nitrogens with zero attached hydrogens (tertiary/aromatic N) is 1. The molecular weight excluding hydrogens is 326 g/mol. The van der Waals surface area contributed by atoms with Gasteiger partial charge in [0.2, 0.25) is 0 Å². The number of hydrogen-bond donors (Lipinski definition) is 2. The van der Waals surface area contributed by atoms with Gasteiger partial charge in [-0.1, -0.05) is 0 Å². The summed E-state index contributed by atoms with van der Waals surface area (Å²) < 4.78 is 11.1. The van der Waals surface area contributed by atoms with Crippen molar-refractivity contribution < 1.29 is 29.3 Å². The van der Waals surface area contributed by atoms with Crippen LogP contribution in [0.25, 0.3) is 0 Å². The van der Waals surface area contributed by atoms with Crippen LogP contribution in [-0.4, -0.2) is 59.9 Å². The SMILES string of the molecule is CCOc1ccc(OCCCCN2CCCC2)cc1.O=C(O)C(=O)O. The van der Waals surface area contributed by atoms with Crippen molar-refractivity contribution in [1.82, 2.24) is 4.90 Å². The smallest absolute Gasteiger partial charge is 0.414 e. The molecule has 0 spiro atoms. The predicted octanol–water partition coefficient (Wildman–Crippen LogP) is 2.50. The Morgan fingerprint density at radius 2 is 1.48 bits per heavy atom. The van der Waals surface area contributed by atoms with Crippen molar-refractivity contribution in [3.05, 3.63) is 24.3 Å². The first-order valence-electron chi connectivity index (χ1n) is 8.57. The normalized spacial score (nSPS) is 13.6. The summed E-state index contributed by atoms with van der Waals surface area (Å²) in [7, 11) is 0. The van der Waals surface area contributed by atoms with Gasteiger partial charge in [-0.2, -0.15) is 0 Å². The highest BCUT2D eigenvalue weighted by Gasteiger charge is 2.10. The molecule has 2 rings (SSSR count). The lowest BCUT2D eigenvalue weighted by molar-refractivity contribution is -0.159. The summed E-state index contributed by atoms with van der Waals surface area (Å²) >= 11 is 0. The predicted molar refractivity (Wildman–Crippen MR) is 93.3 cm³/mol. The molecule has 0 bridgehead atoms. The molecule has 0 radical (unpaired) electrons. The fraction of sp³-hybridized carbons (Fsp3) is 0.556. The summed E-state index contributed by atoms with van der Waals surface area (Å²) in [6, 6.07) is 7.88. The average Bonchev–Trinajstić information content (AvgIpc) is 3.10. The van der Waals surface area contributed by atoms with E-state index >= 15 is 0 Å².